The number of aromatic nitrogens is 1. The Bertz CT molecular complexity index is 537. The van der Waals surface area contributed by atoms with Gasteiger partial charge in [0.05, 0.1) is 0 Å². The first kappa shape index (κ1) is 10.2. The van der Waals surface area contributed by atoms with Crippen molar-refractivity contribution >= 4 is 5.97 Å². The topological polar surface area (TPSA) is 70.4 Å². The maximum absolute atomic E-state index is 11.0. The average Bonchev–Trinajstić information content (AvgIpc) is 2.29. The molecule has 80 valence electrons. The van der Waals surface area contributed by atoms with E-state index in [0.29, 0.717) is 11.1 Å². The summed E-state index contributed by atoms with van der Waals surface area (Å²) >= 11 is 0. The minimum atomic E-state index is -1.08. The zero-order valence-electron chi connectivity index (χ0n) is 8.29. The number of hydrogen-bond donors (Lipinski definition) is 2. The monoisotopic (exact) mass is 215 g/mol. The van der Waals surface area contributed by atoms with Gasteiger partial charge in [0.25, 0.3) is 0 Å². The summed E-state index contributed by atoms with van der Waals surface area (Å²) < 4.78 is 0. The van der Waals surface area contributed by atoms with Gasteiger partial charge in [-0.3, -0.25) is 0 Å². The van der Waals surface area contributed by atoms with Crippen molar-refractivity contribution in [1.29, 1.82) is 0 Å². The molecule has 0 aliphatic heterocycles. The SMILES string of the molecule is O=C(O)c1ncccc1-c1cccc(O)c1. The number of hydrogen-bond acceptors (Lipinski definition) is 3. The van der Waals surface area contributed by atoms with Crippen LogP contribution >= 0.6 is 0 Å². The minimum absolute atomic E-state index is 0.0203. The number of nitrogens with zero attached hydrogens (tertiary/aromatic N) is 1. The van der Waals surface area contributed by atoms with Gasteiger partial charge in [-0.1, -0.05) is 18.2 Å². The molecule has 4 nitrogen and oxygen atoms in total. The van der Waals surface area contributed by atoms with Crippen LogP contribution in [0.1, 0.15) is 10.5 Å². The van der Waals surface area contributed by atoms with Crippen molar-refractivity contribution < 1.29 is 15.0 Å². The predicted molar refractivity (Wildman–Crippen MR) is 58.3 cm³/mol. The van der Waals surface area contributed by atoms with Crippen molar-refractivity contribution in [3.8, 4) is 16.9 Å². The van der Waals surface area contributed by atoms with Crippen LogP contribution < -0.4 is 0 Å². The molecule has 0 unspecified atom stereocenters. The molecule has 2 N–H and O–H groups in total. The second kappa shape index (κ2) is 4.02. The Hall–Kier alpha value is -2.36. The summed E-state index contributed by atoms with van der Waals surface area (Å²) in [5, 5.41) is 18.3. The normalized spacial score (nSPS) is 10.0. The summed E-state index contributed by atoms with van der Waals surface area (Å²) in [6, 6.07) is 9.73. The van der Waals surface area contributed by atoms with Crippen LogP contribution in [-0.2, 0) is 0 Å². The number of carbonyl (C=O) groups is 1. The highest BCUT2D eigenvalue weighted by atomic mass is 16.4. The Morgan fingerprint density at radius 3 is 2.69 bits per heavy atom. The van der Waals surface area contributed by atoms with E-state index in [4.69, 9.17) is 5.11 Å². The molecular formula is C12H9NO3. The van der Waals surface area contributed by atoms with Crippen molar-refractivity contribution in [2.75, 3.05) is 0 Å². The summed E-state index contributed by atoms with van der Waals surface area (Å²) in [6.07, 6.45) is 1.43. The second-order valence-corrected chi connectivity index (χ2v) is 3.26. The Morgan fingerprint density at radius 2 is 2.00 bits per heavy atom. The van der Waals surface area contributed by atoms with Gasteiger partial charge in [-0.2, -0.15) is 0 Å². The maximum atomic E-state index is 11.0. The minimum Gasteiger partial charge on any atom is -0.508 e. The van der Waals surface area contributed by atoms with Gasteiger partial charge in [-0.15, -0.1) is 0 Å². The fourth-order valence-corrected chi connectivity index (χ4v) is 1.48. The van der Waals surface area contributed by atoms with Crippen LogP contribution in [0.4, 0.5) is 0 Å². The highest BCUT2D eigenvalue weighted by Gasteiger charge is 2.12. The van der Waals surface area contributed by atoms with Crippen LogP contribution in [0.15, 0.2) is 42.6 Å². The average molecular weight is 215 g/mol. The van der Waals surface area contributed by atoms with E-state index in [-0.39, 0.29) is 11.4 Å². The molecule has 0 aliphatic rings. The Balaban J connectivity index is 2.60. The van der Waals surface area contributed by atoms with E-state index in [9.17, 15) is 9.90 Å². The molecule has 0 bridgehead atoms. The number of phenols is 1. The lowest BCUT2D eigenvalue weighted by Crippen LogP contribution is -2.02. The van der Waals surface area contributed by atoms with Gasteiger partial charge >= 0.3 is 5.97 Å². The lowest BCUT2D eigenvalue weighted by atomic mass is 10.0. The molecule has 0 atom stereocenters. The molecule has 16 heavy (non-hydrogen) atoms. The van der Waals surface area contributed by atoms with Crippen LogP contribution in [0.2, 0.25) is 0 Å². The van der Waals surface area contributed by atoms with Gasteiger partial charge in [0, 0.05) is 11.8 Å². The Morgan fingerprint density at radius 1 is 1.19 bits per heavy atom. The molecule has 0 fully saturated rings. The van der Waals surface area contributed by atoms with Crippen LogP contribution in [0, 0.1) is 0 Å². The lowest BCUT2D eigenvalue weighted by molar-refractivity contribution is 0.0691. The Kier molecular flexibility index (Phi) is 2.55. The zero-order chi connectivity index (χ0) is 11.5. The third-order valence-corrected chi connectivity index (χ3v) is 2.17. The van der Waals surface area contributed by atoms with Crippen molar-refractivity contribution in [3.05, 3.63) is 48.3 Å². The van der Waals surface area contributed by atoms with Crippen LogP contribution in [0.5, 0.6) is 5.75 Å². The fraction of sp³-hybridized carbons (Fsp3) is 0. The lowest BCUT2D eigenvalue weighted by Gasteiger charge is -2.05. The molecule has 1 aromatic heterocycles. The number of aromatic carboxylic acids is 1. The third kappa shape index (κ3) is 1.86. The second-order valence-electron chi connectivity index (χ2n) is 3.26. The standard InChI is InChI=1S/C12H9NO3/c14-9-4-1-3-8(7-9)10-5-2-6-13-11(10)12(15)16/h1-7,14H,(H,15,16). The Labute approximate surface area is 91.8 Å². The third-order valence-electron chi connectivity index (χ3n) is 2.17. The number of pyridine rings is 1. The number of aromatic hydroxyl groups is 1. The van der Waals surface area contributed by atoms with Crippen LogP contribution in [0.3, 0.4) is 0 Å². The van der Waals surface area contributed by atoms with Gasteiger partial charge in [-0.25, -0.2) is 9.78 Å². The highest BCUT2D eigenvalue weighted by Crippen LogP contribution is 2.25. The number of carboxylic acid groups (broad SMARTS) is 1. The van der Waals surface area contributed by atoms with Gasteiger partial charge in [-0.05, 0) is 23.8 Å². The van der Waals surface area contributed by atoms with E-state index in [2.05, 4.69) is 4.98 Å². The fourth-order valence-electron chi connectivity index (χ4n) is 1.48. The molecule has 2 aromatic rings. The number of rotatable bonds is 2. The van der Waals surface area contributed by atoms with Gasteiger partial charge in [0.1, 0.15) is 5.75 Å². The van der Waals surface area contributed by atoms with E-state index in [0.717, 1.165) is 0 Å². The maximum Gasteiger partial charge on any atom is 0.355 e. The van der Waals surface area contributed by atoms with Crippen molar-refractivity contribution in [3.63, 3.8) is 0 Å². The van der Waals surface area contributed by atoms with Crippen molar-refractivity contribution in [1.82, 2.24) is 4.98 Å². The van der Waals surface area contributed by atoms with Crippen LogP contribution in [0.25, 0.3) is 11.1 Å². The molecule has 0 saturated heterocycles. The summed E-state index contributed by atoms with van der Waals surface area (Å²) in [5.41, 5.74) is 1.10. The van der Waals surface area contributed by atoms with E-state index < -0.39 is 5.97 Å². The van der Waals surface area contributed by atoms with Crippen LogP contribution in [-0.4, -0.2) is 21.2 Å². The molecule has 0 amide bonds. The number of carboxylic acids is 1. The van der Waals surface area contributed by atoms with E-state index in [1.54, 1.807) is 24.3 Å². The summed E-state index contributed by atoms with van der Waals surface area (Å²) in [6.45, 7) is 0. The van der Waals surface area contributed by atoms with Gasteiger partial charge in [0.15, 0.2) is 5.69 Å². The molecule has 1 heterocycles. The highest BCUT2D eigenvalue weighted by molar-refractivity contribution is 5.93. The molecule has 1 aromatic carbocycles. The predicted octanol–water partition coefficient (Wildman–Crippen LogP) is 2.15. The van der Waals surface area contributed by atoms with Gasteiger partial charge in [0.2, 0.25) is 0 Å². The summed E-state index contributed by atoms with van der Waals surface area (Å²) in [4.78, 5) is 14.8. The largest absolute Gasteiger partial charge is 0.508 e. The molecule has 0 saturated carbocycles. The molecule has 0 radical (unpaired) electrons. The first-order chi connectivity index (χ1) is 7.68. The molecule has 0 aliphatic carbocycles. The molecule has 2 rings (SSSR count). The van der Waals surface area contributed by atoms with Gasteiger partial charge < -0.3 is 10.2 Å². The van der Waals surface area contributed by atoms with E-state index in [1.165, 1.54) is 18.3 Å². The number of benzene rings is 1. The number of phenolic OH excluding ortho intramolecular Hbond substituents is 1. The quantitative estimate of drug-likeness (QED) is 0.805. The van der Waals surface area contributed by atoms with E-state index >= 15 is 0 Å². The molecular weight excluding hydrogens is 206 g/mol. The zero-order valence-corrected chi connectivity index (χ0v) is 8.29. The van der Waals surface area contributed by atoms with Crippen molar-refractivity contribution in [2.24, 2.45) is 0 Å². The molecule has 0 spiro atoms. The first-order valence-corrected chi connectivity index (χ1v) is 4.66. The first-order valence-electron chi connectivity index (χ1n) is 4.66. The summed E-state index contributed by atoms with van der Waals surface area (Å²) in [7, 11) is 0. The van der Waals surface area contributed by atoms with E-state index in [1.807, 2.05) is 0 Å². The summed E-state index contributed by atoms with van der Waals surface area (Å²) in [5.74, 6) is -0.989. The smallest absolute Gasteiger partial charge is 0.355 e. The van der Waals surface area contributed by atoms with Crippen molar-refractivity contribution in [2.45, 2.75) is 0 Å². The molecule has 4 heteroatoms.